The average Bonchev–Trinajstić information content (AvgIpc) is 2.88. The molecule has 1 aliphatic carbocycles. The number of nitrogens with zero attached hydrogens (tertiary/aromatic N) is 1. The van der Waals surface area contributed by atoms with Crippen molar-refractivity contribution in [3.05, 3.63) is 0 Å². The third-order valence-corrected chi connectivity index (χ3v) is 2.45. The highest BCUT2D eigenvalue weighted by Gasteiger charge is 2.47. The van der Waals surface area contributed by atoms with E-state index in [9.17, 15) is 0 Å². The summed E-state index contributed by atoms with van der Waals surface area (Å²) in [4.78, 5) is 0. The normalized spacial score (nSPS) is 38.1. The van der Waals surface area contributed by atoms with Crippen molar-refractivity contribution >= 4 is 0 Å². The molecule has 0 aromatic carbocycles. The molecule has 1 saturated heterocycles. The number of nitriles is 1. The summed E-state index contributed by atoms with van der Waals surface area (Å²) in [6.07, 6.45) is 2.32. The van der Waals surface area contributed by atoms with Crippen molar-refractivity contribution in [1.82, 2.24) is 5.32 Å². The molecular weight excluding hydrogens is 140 g/mol. The van der Waals surface area contributed by atoms with Crippen molar-refractivity contribution in [1.29, 1.82) is 5.26 Å². The van der Waals surface area contributed by atoms with Crippen LogP contribution in [-0.2, 0) is 4.74 Å². The van der Waals surface area contributed by atoms with Crippen LogP contribution in [-0.4, -0.2) is 25.3 Å². The molecule has 2 rings (SSSR count). The molecule has 1 atom stereocenters. The Bertz CT molecular complexity index is 187. The zero-order valence-electron chi connectivity index (χ0n) is 6.47. The summed E-state index contributed by atoms with van der Waals surface area (Å²) in [5, 5.41) is 12.1. The van der Waals surface area contributed by atoms with Gasteiger partial charge >= 0.3 is 0 Å². The lowest BCUT2D eigenvalue weighted by atomic mass is 9.98. The van der Waals surface area contributed by atoms with Crippen LogP contribution in [0.15, 0.2) is 0 Å². The molecule has 3 nitrogen and oxygen atoms in total. The Labute approximate surface area is 66.3 Å². The molecular formula is C8H12N2O. The lowest BCUT2D eigenvalue weighted by Crippen LogP contribution is -2.50. The number of hydrogen-bond donors (Lipinski definition) is 1. The van der Waals surface area contributed by atoms with E-state index in [1.165, 1.54) is 0 Å². The maximum Gasteiger partial charge on any atom is 0.169 e. The molecule has 0 amide bonds. The van der Waals surface area contributed by atoms with Gasteiger partial charge in [0.2, 0.25) is 0 Å². The molecule has 0 radical (unpaired) electrons. The highest BCUT2D eigenvalue weighted by Crippen LogP contribution is 2.41. The summed E-state index contributed by atoms with van der Waals surface area (Å²) in [6.45, 7) is 2.29. The first kappa shape index (κ1) is 7.08. The van der Waals surface area contributed by atoms with Crippen molar-refractivity contribution in [2.75, 3.05) is 19.7 Å². The van der Waals surface area contributed by atoms with E-state index in [4.69, 9.17) is 10.00 Å². The second kappa shape index (κ2) is 2.47. The van der Waals surface area contributed by atoms with Gasteiger partial charge in [0.1, 0.15) is 0 Å². The molecule has 1 N–H and O–H groups in total. The quantitative estimate of drug-likeness (QED) is 0.587. The van der Waals surface area contributed by atoms with Crippen molar-refractivity contribution in [3.63, 3.8) is 0 Å². The molecule has 0 aromatic rings. The second-order valence-electron chi connectivity index (χ2n) is 3.30. The molecule has 60 valence electrons. The Hall–Kier alpha value is -0.590. The fourth-order valence-electron chi connectivity index (χ4n) is 1.61. The SMILES string of the molecule is N#CC1(C2CC2)CNCCO1. The average molecular weight is 152 g/mol. The molecule has 0 spiro atoms. The Kier molecular flexibility index (Phi) is 1.59. The molecule has 1 aliphatic heterocycles. The van der Waals surface area contributed by atoms with E-state index in [1.807, 2.05) is 0 Å². The van der Waals surface area contributed by atoms with E-state index >= 15 is 0 Å². The first-order chi connectivity index (χ1) is 5.37. The minimum Gasteiger partial charge on any atom is -0.357 e. The van der Waals surface area contributed by atoms with E-state index < -0.39 is 5.60 Å². The maximum atomic E-state index is 8.94. The predicted octanol–water partition coefficient (Wildman–Crippen LogP) is 0.279. The Balaban J connectivity index is 2.08. The van der Waals surface area contributed by atoms with Crippen LogP contribution in [0.2, 0.25) is 0 Å². The maximum absolute atomic E-state index is 8.94. The smallest absolute Gasteiger partial charge is 0.169 e. The van der Waals surface area contributed by atoms with E-state index in [0.29, 0.717) is 19.1 Å². The van der Waals surface area contributed by atoms with Crippen LogP contribution in [0.4, 0.5) is 0 Å². The summed E-state index contributed by atoms with van der Waals surface area (Å²) >= 11 is 0. The number of morpholine rings is 1. The third-order valence-electron chi connectivity index (χ3n) is 2.45. The molecule has 2 fully saturated rings. The number of ether oxygens (including phenoxy) is 1. The summed E-state index contributed by atoms with van der Waals surface area (Å²) in [5.74, 6) is 0.500. The Morgan fingerprint density at radius 3 is 2.82 bits per heavy atom. The molecule has 2 aliphatic rings. The van der Waals surface area contributed by atoms with Crippen molar-refractivity contribution in [2.24, 2.45) is 5.92 Å². The van der Waals surface area contributed by atoms with Crippen LogP contribution in [0.25, 0.3) is 0 Å². The Morgan fingerprint density at radius 2 is 2.36 bits per heavy atom. The molecule has 11 heavy (non-hydrogen) atoms. The van der Waals surface area contributed by atoms with E-state index in [1.54, 1.807) is 0 Å². The van der Waals surface area contributed by atoms with E-state index in [0.717, 1.165) is 19.4 Å². The minimum absolute atomic E-state index is 0.474. The van der Waals surface area contributed by atoms with Gasteiger partial charge in [0, 0.05) is 19.0 Å². The zero-order valence-corrected chi connectivity index (χ0v) is 6.47. The van der Waals surface area contributed by atoms with Gasteiger partial charge in [-0.25, -0.2) is 0 Å². The van der Waals surface area contributed by atoms with Crippen LogP contribution < -0.4 is 5.32 Å². The molecule has 1 heterocycles. The van der Waals surface area contributed by atoms with Gasteiger partial charge < -0.3 is 10.1 Å². The molecule has 0 bridgehead atoms. The van der Waals surface area contributed by atoms with Gasteiger partial charge in [0.25, 0.3) is 0 Å². The van der Waals surface area contributed by atoms with Gasteiger partial charge in [-0.05, 0) is 12.8 Å². The molecule has 3 heteroatoms. The standard InChI is InChI=1S/C8H12N2O/c9-5-8(7-1-2-7)6-10-3-4-11-8/h7,10H,1-4,6H2. The highest BCUT2D eigenvalue weighted by atomic mass is 16.5. The fourth-order valence-corrected chi connectivity index (χ4v) is 1.61. The summed E-state index contributed by atoms with van der Waals surface area (Å²) in [6, 6.07) is 2.29. The lowest BCUT2D eigenvalue weighted by molar-refractivity contribution is -0.0396. The largest absolute Gasteiger partial charge is 0.357 e. The number of hydrogen-bond acceptors (Lipinski definition) is 3. The van der Waals surface area contributed by atoms with Gasteiger partial charge in [0.05, 0.1) is 12.7 Å². The van der Waals surface area contributed by atoms with Gasteiger partial charge in [-0.3, -0.25) is 0 Å². The summed E-state index contributed by atoms with van der Waals surface area (Å²) in [7, 11) is 0. The fraction of sp³-hybridized carbons (Fsp3) is 0.875. The topological polar surface area (TPSA) is 45.0 Å². The van der Waals surface area contributed by atoms with Crippen LogP contribution in [0.1, 0.15) is 12.8 Å². The van der Waals surface area contributed by atoms with E-state index in [-0.39, 0.29) is 0 Å². The number of nitrogens with one attached hydrogen (secondary N) is 1. The highest BCUT2D eigenvalue weighted by molar-refractivity contribution is 5.13. The van der Waals surface area contributed by atoms with Crippen LogP contribution in [0.3, 0.4) is 0 Å². The monoisotopic (exact) mass is 152 g/mol. The first-order valence-electron chi connectivity index (χ1n) is 4.13. The lowest BCUT2D eigenvalue weighted by Gasteiger charge is -2.31. The number of rotatable bonds is 1. The van der Waals surface area contributed by atoms with Gasteiger partial charge in [-0.2, -0.15) is 5.26 Å². The van der Waals surface area contributed by atoms with Crippen LogP contribution >= 0.6 is 0 Å². The summed E-state index contributed by atoms with van der Waals surface area (Å²) < 4.78 is 5.52. The van der Waals surface area contributed by atoms with Crippen LogP contribution in [0.5, 0.6) is 0 Å². The summed E-state index contributed by atoms with van der Waals surface area (Å²) in [5.41, 5.74) is -0.474. The minimum atomic E-state index is -0.474. The van der Waals surface area contributed by atoms with Gasteiger partial charge in [-0.15, -0.1) is 0 Å². The van der Waals surface area contributed by atoms with Crippen molar-refractivity contribution in [2.45, 2.75) is 18.4 Å². The van der Waals surface area contributed by atoms with Crippen molar-refractivity contribution < 1.29 is 4.74 Å². The Morgan fingerprint density at radius 1 is 1.55 bits per heavy atom. The van der Waals surface area contributed by atoms with Gasteiger partial charge in [0.15, 0.2) is 5.60 Å². The third kappa shape index (κ3) is 1.13. The van der Waals surface area contributed by atoms with E-state index in [2.05, 4.69) is 11.4 Å². The predicted molar refractivity (Wildman–Crippen MR) is 39.9 cm³/mol. The molecule has 0 aromatic heterocycles. The molecule has 1 unspecified atom stereocenters. The van der Waals surface area contributed by atoms with Crippen molar-refractivity contribution in [3.8, 4) is 6.07 Å². The van der Waals surface area contributed by atoms with Crippen LogP contribution in [0, 0.1) is 17.2 Å². The molecule has 1 saturated carbocycles. The first-order valence-corrected chi connectivity index (χ1v) is 4.13. The van der Waals surface area contributed by atoms with Gasteiger partial charge in [-0.1, -0.05) is 0 Å². The zero-order chi connectivity index (χ0) is 7.73. The second-order valence-corrected chi connectivity index (χ2v) is 3.30.